The molecule has 0 aliphatic carbocycles. The largest absolute Gasteiger partial charge is 0.357 e. The van der Waals surface area contributed by atoms with Crippen molar-refractivity contribution in [2.75, 3.05) is 17.9 Å². The number of benzene rings is 3. The maximum atomic E-state index is 13.9. The lowest BCUT2D eigenvalue weighted by molar-refractivity contribution is -0.140. The number of aryl methyl sites for hydroxylation is 1. The van der Waals surface area contributed by atoms with E-state index in [-0.39, 0.29) is 17.3 Å². The Balaban J connectivity index is 2.09. The fourth-order valence-electron chi connectivity index (χ4n) is 4.08. The molecule has 0 bridgehead atoms. The highest BCUT2D eigenvalue weighted by Gasteiger charge is 2.34. The fourth-order valence-corrected chi connectivity index (χ4v) is 5.74. The Morgan fingerprint density at radius 2 is 1.59 bits per heavy atom. The maximum absolute atomic E-state index is 13.9. The molecule has 9 heteroatoms. The molecule has 37 heavy (non-hydrogen) atoms. The minimum absolute atomic E-state index is 0.0469. The summed E-state index contributed by atoms with van der Waals surface area (Å²) >= 11 is 6.34. The number of carbonyl (C=O) groups is 2. The molecule has 0 radical (unpaired) electrons. The zero-order valence-electron chi connectivity index (χ0n) is 21.4. The Hall–Kier alpha value is -3.36. The summed E-state index contributed by atoms with van der Waals surface area (Å²) in [7, 11) is -2.62. The normalized spacial score (nSPS) is 12.0. The van der Waals surface area contributed by atoms with Crippen molar-refractivity contribution in [1.82, 2.24) is 10.2 Å². The van der Waals surface area contributed by atoms with E-state index in [1.807, 2.05) is 38.1 Å². The van der Waals surface area contributed by atoms with Gasteiger partial charge in [-0.3, -0.25) is 13.9 Å². The first-order valence-corrected chi connectivity index (χ1v) is 13.8. The summed E-state index contributed by atoms with van der Waals surface area (Å²) in [4.78, 5) is 28.1. The number of hydrogen-bond acceptors (Lipinski definition) is 4. The Morgan fingerprint density at radius 3 is 2.19 bits per heavy atom. The SMILES string of the molecule is CC[C@@H](C(=O)NC)N(Cc1ccc(C)cc1)C(=O)CN(c1cccc(Cl)c1C)S(=O)(=O)c1ccccc1. The Bertz CT molecular complexity index is 1350. The second-order valence-corrected chi connectivity index (χ2v) is 11.0. The van der Waals surface area contributed by atoms with Gasteiger partial charge in [-0.1, -0.05) is 72.6 Å². The Morgan fingerprint density at radius 1 is 0.946 bits per heavy atom. The van der Waals surface area contributed by atoms with Gasteiger partial charge in [0.1, 0.15) is 12.6 Å². The second-order valence-electron chi connectivity index (χ2n) is 8.75. The lowest BCUT2D eigenvalue weighted by Crippen LogP contribution is -2.51. The van der Waals surface area contributed by atoms with Gasteiger partial charge < -0.3 is 10.2 Å². The van der Waals surface area contributed by atoms with Crippen LogP contribution in [0.4, 0.5) is 5.69 Å². The van der Waals surface area contributed by atoms with Crippen molar-refractivity contribution in [2.45, 2.75) is 44.7 Å². The number of hydrogen-bond donors (Lipinski definition) is 1. The lowest BCUT2D eigenvalue weighted by Gasteiger charge is -2.33. The highest BCUT2D eigenvalue weighted by atomic mass is 35.5. The molecule has 0 spiro atoms. The van der Waals surface area contributed by atoms with Crippen LogP contribution < -0.4 is 9.62 Å². The number of carbonyl (C=O) groups excluding carboxylic acids is 2. The molecule has 0 unspecified atom stereocenters. The number of nitrogens with zero attached hydrogens (tertiary/aromatic N) is 2. The number of nitrogens with one attached hydrogen (secondary N) is 1. The summed E-state index contributed by atoms with van der Waals surface area (Å²) in [6.07, 6.45) is 0.360. The topological polar surface area (TPSA) is 86.8 Å². The first-order valence-electron chi connectivity index (χ1n) is 12.0. The number of rotatable bonds is 10. The lowest BCUT2D eigenvalue weighted by atomic mass is 10.1. The minimum atomic E-state index is -4.13. The van der Waals surface area contributed by atoms with Crippen LogP contribution in [0.1, 0.15) is 30.0 Å². The molecule has 0 saturated heterocycles. The quantitative estimate of drug-likeness (QED) is 0.403. The number of likely N-dealkylation sites (N-methyl/N-ethyl adjacent to an activating group) is 1. The third kappa shape index (κ3) is 6.50. The number of anilines is 1. The van der Waals surface area contributed by atoms with Crippen molar-refractivity contribution in [3.8, 4) is 0 Å². The van der Waals surface area contributed by atoms with Gasteiger partial charge in [-0.25, -0.2) is 8.42 Å². The third-order valence-corrected chi connectivity index (χ3v) is 8.41. The molecule has 0 fully saturated rings. The van der Waals surface area contributed by atoms with E-state index in [2.05, 4.69) is 5.32 Å². The average Bonchev–Trinajstić information content (AvgIpc) is 2.90. The molecular formula is C28H32ClN3O4S. The van der Waals surface area contributed by atoms with E-state index in [4.69, 9.17) is 11.6 Å². The molecule has 0 aliphatic heterocycles. The molecule has 2 amide bonds. The predicted octanol–water partition coefficient (Wildman–Crippen LogP) is 4.71. The van der Waals surface area contributed by atoms with Gasteiger partial charge in [0.05, 0.1) is 10.6 Å². The van der Waals surface area contributed by atoms with Crippen molar-refractivity contribution in [3.63, 3.8) is 0 Å². The van der Waals surface area contributed by atoms with Crippen LogP contribution in [0.25, 0.3) is 0 Å². The van der Waals surface area contributed by atoms with Crippen molar-refractivity contribution in [1.29, 1.82) is 0 Å². The summed E-state index contributed by atoms with van der Waals surface area (Å²) in [6, 6.07) is 19.7. The molecule has 1 N–H and O–H groups in total. The van der Waals surface area contributed by atoms with Gasteiger partial charge in [-0.05, 0) is 55.7 Å². The molecule has 3 aromatic carbocycles. The van der Waals surface area contributed by atoms with Gasteiger partial charge in [-0.2, -0.15) is 0 Å². The van der Waals surface area contributed by atoms with Crippen LogP contribution >= 0.6 is 11.6 Å². The van der Waals surface area contributed by atoms with Crippen LogP contribution in [0.3, 0.4) is 0 Å². The van der Waals surface area contributed by atoms with Crippen molar-refractivity contribution in [2.24, 2.45) is 0 Å². The van der Waals surface area contributed by atoms with E-state index in [0.29, 0.717) is 22.7 Å². The maximum Gasteiger partial charge on any atom is 0.264 e. The Kier molecular flexibility index (Phi) is 9.34. The average molecular weight is 542 g/mol. The fraction of sp³-hybridized carbons (Fsp3) is 0.286. The molecule has 3 rings (SSSR count). The Labute approximate surface area is 224 Å². The van der Waals surface area contributed by atoms with Crippen LogP contribution in [-0.4, -0.2) is 44.8 Å². The van der Waals surface area contributed by atoms with Gasteiger partial charge >= 0.3 is 0 Å². The predicted molar refractivity (Wildman–Crippen MR) is 147 cm³/mol. The third-order valence-electron chi connectivity index (χ3n) is 6.22. The monoisotopic (exact) mass is 541 g/mol. The molecule has 7 nitrogen and oxygen atoms in total. The van der Waals surface area contributed by atoms with Crippen LogP contribution in [0.5, 0.6) is 0 Å². The number of amides is 2. The van der Waals surface area contributed by atoms with E-state index in [1.54, 1.807) is 43.3 Å². The zero-order valence-corrected chi connectivity index (χ0v) is 23.0. The minimum Gasteiger partial charge on any atom is -0.357 e. The molecular weight excluding hydrogens is 510 g/mol. The van der Waals surface area contributed by atoms with E-state index in [0.717, 1.165) is 15.4 Å². The second kappa shape index (κ2) is 12.3. The van der Waals surface area contributed by atoms with Gasteiger partial charge in [0, 0.05) is 18.6 Å². The number of sulfonamides is 1. The molecule has 1 atom stereocenters. The summed E-state index contributed by atoms with van der Waals surface area (Å²) < 4.78 is 28.7. The summed E-state index contributed by atoms with van der Waals surface area (Å²) in [5.41, 5.74) is 2.72. The zero-order chi connectivity index (χ0) is 27.2. The van der Waals surface area contributed by atoms with E-state index in [1.165, 1.54) is 24.1 Å². The highest BCUT2D eigenvalue weighted by molar-refractivity contribution is 7.92. The summed E-state index contributed by atoms with van der Waals surface area (Å²) in [5.74, 6) is -0.825. The van der Waals surface area contributed by atoms with Gasteiger partial charge in [0.25, 0.3) is 10.0 Å². The van der Waals surface area contributed by atoms with E-state index in [9.17, 15) is 18.0 Å². The van der Waals surface area contributed by atoms with Crippen LogP contribution in [0, 0.1) is 13.8 Å². The van der Waals surface area contributed by atoms with Crippen LogP contribution in [0.15, 0.2) is 77.7 Å². The van der Waals surface area contributed by atoms with E-state index < -0.39 is 28.5 Å². The standard InChI is InChI=1S/C28H32ClN3O4S/c1-5-25(28(34)30-4)31(18-22-16-14-20(2)15-17-22)27(33)19-32(26-13-9-12-24(29)21(26)3)37(35,36)23-10-7-6-8-11-23/h6-17,25H,5,18-19H2,1-4H3,(H,30,34)/t25-/m0/s1. The van der Waals surface area contributed by atoms with Crippen molar-refractivity contribution in [3.05, 3.63) is 94.5 Å². The molecule has 0 saturated carbocycles. The molecule has 0 aliphatic rings. The summed E-state index contributed by atoms with van der Waals surface area (Å²) in [6.45, 7) is 5.14. The van der Waals surface area contributed by atoms with Gasteiger partial charge in [-0.15, -0.1) is 0 Å². The molecule has 0 aromatic heterocycles. The van der Waals surface area contributed by atoms with E-state index >= 15 is 0 Å². The van der Waals surface area contributed by atoms with Crippen molar-refractivity contribution >= 4 is 39.1 Å². The smallest absolute Gasteiger partial charge is 0.264 e. The van der Waals surface area contributed by atoms with Crippen LogP contribution in [-0.2, 0) is 26.2 Å². The molecule has 0 heterocycles. The number of halogens is 1. The highest BCUT2D eigenvalue weighted by Crippen LogP contribution is 2.31. The molecule has 3 aromatic rings. The first-order chi connectivity index (χ1) is 17.6. The van der Waals surface area contributed by atoms with Gasteiger partial charge in [0.15, 0.2) is 0 Å². The van der Waals surface area contributed by atoms with Crippen LogP contribution in [0.2, 0.25) is 5.02 Å². The van der Waals surface area contributed by atoms with Gasteiger partial charge in [0.2, 0.25) is 11.8 Å². The molecule has 196 valence electrons. The van der Waals surface area contributed by atoms with Crippen molar-refractivity contribution < 1.29 is 18.0 Å². The first kappa shape index (κ1) is 28.2. The summed E-state index contributed by atoms with van der Waals surface area (Å²) in [5, 5.41) is 3.00.